The maximum atomic E-state index is 4.28. The summed E-state index contributed by atoms with van der Waals surface area (Å²) in [6.45, 7) is 6.11. The Morgan fingerprint density at radius 1 is 1.37 bits per heavy atom. The van der Waals surface area contributed by atoms with Crippen molar-refractivity contribution in [3.63, 3.8) is 0 Å². The zero-order chi connectivity index (χ0) is 13.7. The first-order chi connectivity index (χ1) is 9.13. The number of aryl methyl sites for hydroxylation is 2. The van der Waals surface area contributed by atoms with Gasteiger partial charge in [-0.25, -0.2) is 4.98 Å². The lowest BCUT2D eigenvalue weighted by molar-refractivity contribution is 0.816. The van der Waals surface area contributed by atoms with Gasteiger partial charge in [-0.15, -0.1) is 20.6 Å². The van der Waals surface area contributed by atoms with Gasteiger partial charge in [0.15, 0.2) is 5.13 Å². The summed E-state index contributed by atoms with van der Waals surface area (Å²) in [6.07, 6.45) is 5.04. The van der Waals surface area contributed by atoms with Crippen LogP contribution >= 0.6 is 20.6 Å². The molecule has 0 aliphatic rings. The fourth-order valence-electron chi connectivity index (χ4n) is 1.82. The highest BCUT2D eigenvalue weighted by atomic mass is 32.1. The molecule has 2 aromatic rings. The molecular weight excluding hydrogens is 271 g/mol. The van der Waals surface area contributed by atoms with Gasteiger partial charge in [0.1, 0.15) is 0 Å². The average Bonchev–Trinajstić information content (AvgIpc) is 2.77. The van der Waals surface area contributed by atoms with Crippen LogP contribution in [0.3, 0.4) is 0 Å². The number of nitrogens with zero attached hydrogens (tertiary/aromatic N) is 1. The molecule has 0 bridgehead atoms. The Morgan fingerprint density at radius 2 is 2.11 bits per heavy atom. The van der Waals surface area contributed by atoms with Crippen molar-refractivity contribution in [2.24, 2.45) is 0 Å². The molecule has 0 aliphatic heterocycles. The molecule has 4 heteroatoms. The normalized spacial score (nSPS) is 10.4. The molecule has 0 fully saturated rings. The Kier molecular flexibility index (Phi) is 5.12. The highest BCUT2D eigenvalue weighted by molar-refractivity contribution is 7.27. The van der Waals surface area contributed by atoms with E-state index < -0.39 is 0 Å². The SMILES string of the molecule is C=C(CCCc1ccc(P)cc1)Nc1ncc(C)s1. The minimum atomic E-state index is 0.940. The van der Waals surface area contributed by atoms with Crippen molar-refractivity contribution in [1.29, 1.82) is 0 Å². The van der Waals surface area contributed by atoms with E-state index in [4.69, 9.17) is 0 Å². The van der Waals surface area contributed by atoms with E-state index in [1.165, 1.54) is 15.7 Å². The van der Waals surface area contributed by atoms with Crippen LogP contribution in [0.2, 0.25) is 0 Å². The van der Waals surface area contributed by atoms with E-state index in [-0.39, 0.29) is 0 Å². The first-order valence-corrected chi connectivity index (χ1v) is 7.74. The summed E-state index contributed by atoms with van der Waals surface area (Å²) in [5, 5.41) is 5.44. The molecule has 1 aromatic carbocycles. The second kappa shape index (κ2) is 6.83. The second-order valence-electron chi connectivity index (χ2n) is 4.60. The number of aromatic nitrogens is 1. The standard InChI is InChI=1S/C15H19N2PS/c1-11(17-15-16-10-12(2)19-15)4-3-5-13-6-8-14(18)9-7-13/h6-10H,1,3-5,18H2,2H3,(H,16,17). The topological polar surface area (TPSA) is 24.9 Å². The third kappa shape index (κ3) is 4.77. The predicted molar refractivity (Wildman–Crippen MR) is 88.3 cm³/mol. The van der Waals surface area contributed by atoms with Gasteiger partial charge in [0.05, 0.1) is 0 Å². The van der Waals surface area contributed by atoms with Gasteiger partial charge >= 0.3 is 0 Å². The maximum absolute atomic E-state index is 4.28. The third-order valence-electron chi connectivity index (χ3n) is 2.83. The minimum absolute atomic E-state index is 0.940. The molecule has 1 unspecified atom stereocenters. The molecule has 2 nitrogen and oxygen atoms in total. The van der Waals surface area contributed by atoms with Crippen molar-refractivity contribution >= 4 is 31.0 Å². The van der Waals surface area contributed by atoms with Gasteiger partial charge in [0, 0.05) is 16.8 Å². The molecule has 0 saturated heterocycles. The molecule has 0 aliphatic carbocycles. The Bertz CT molecular complexity index is 546. The fraction of sp³-hybridized carbons (Fsp3) is 0.267. The number of thiazole rings is 1. The summed E-state index contributed by atoms with van der Waals surface area (Å²) >= 11 is 1.66. The lowest BCUT2D eigenvalue weighted by Crippen LogP contribution is -1.98. The summed E-state index contributed by atoms with van der Waals surface area (Å²) < 4.78 is 0. The van der Waals surface area contributed by atoms with Crippen LogP contribution in [0.15, 0.2) is 42.7 Å². The van der Waals surface area contributed by atoms with Crippen LogP contribution in [0.4, 0.5) is 5.13 Å². The van der Waals surface area contributed by atoms with Gasteiger partial charge in [-0.2, -0.15) is 0 Å². The van der Waals surface area contributed by atoms with Crippen molar-refractivity contribution in [2.75, 3.05) is 5.32 Å². The molecule has 2 rings (SSSR count). The van der Waals surface area contributed by atoms with Crippen LogP contribution < -0.4 is 10.6 Å². The smallest absolute Gasteiger partial charge is 0.187 e. The number of hydrogen-bond acceptors (Lipinski definition) is 3. The molecule has 0 amide bonds. The van der Waals surface area contributed by atoms with Crippen LogP contribution in [0.25, 0.3) is 0 Å². The number of hydrogen-bond donors (Lipinski definition) is 1. The number of nitrogens with one attached hydrogen (secondary N) is 1. The Morgan fingerprint density at radius 3 is 2.74 bits per heavy atom. The van der Waals surface area contributed by atoms with E-state index in [0.29, 0.717) is 0 Å². The molecule has 19 heavy (non-hydrogen) atoms. The van der Waals surface area contributed by atoms with Gasteiger partial charge in [-0.3, -0.25) is 0 Å². The van der Waals surface area contributed by atoms with E-state index in [0.717, 1.165) is 30.1 Å². The van der Waals surface area contributed by atoms with Gasteiger partial charge in [0.2, 0.25) is 0 Å². The van der Waals surface area contributed by atoms with E-state index in [1.807, 2.05) is 6.20 Å². The average molecular weight is 290 g/mol. The summed E-state index contributed by atoms with van der Waals surface area (Å²) in [5.41, 5.74) is 2.42. The van der Waals surface area contributed by atoms with Gasteiger partial charge in [-0.1, -0.05) is 30.8 Å². The number of anilines is 1. The van der Waals surface area contributed by atoms with Crippen LogP contribution in [0.1, 0.15) is 23.3 Å². The predicted octanol–water partition coefficient (Wildman–Crippen LogP) is 3.90. The van der Waals surface area contributed by atoms with Gasteiger partial charge in [-0.05, 0) is 37.1 Å². The molecule has 1 heterocycles. The van der Waals surface area contributed by atoms with Crippen LogP contribution in [-0.4, -0.2) is 4.98 Å². The Labute approximate surface area is 121 Å². The highest BCUT2D eigenvalue weighted by Crippen LogP contribution is 2.19. The minimum Gasteiger partial charge on any atom is -0.336 e. The summed E-state index contributed by atoms with van der Waals surface area (Å²) in [5.74, 6) is 0. The first-order valence-electron chi connectivity index (χ1n) is 6.35. The van der Waals surface area contributed by atoms with E-state index in [1.54, 1.807) is 11.3 Å². The Balaban J connectivity index is 1.73. The molecule has 0 spiro atoms. The molecule has 1 N–H and O–H groups in total. The van der Waals surface area contributed by atoms with Crippen molar-refractivity contribution in [3.8, 4) is 0 Å². The van der Waals surface area contributed by atoms with Crippen LogP contribution in [0.5, 0.6) is 0 Å². The monoisotopic (exact) mass is 290 g/mol. The van der Waals surface area contributed by atoms with E-state index in [2.05, 4.69) is 57.3 Å². The molecule has 1 aromatic heterocycles. The summed E-state index contributed by atoms with van der Waals surface area (Å²) in [6, 6.07) is 8.63. The van der Waals surface area contributed by atoms with Gasteiger partial charge in [0.25, 0.3) is 0 Å². The quantitative estimate of drug-likeness (QED) is 0.816. The number of benzene rings is 1. The molecule has 0 saturated carbocycles. The van der Waals surface area contributed by atoms with Gasteiger partial charge < -0.3 is 5.32 Å². The first kappa shape index (κ1) is 14.2. The highest BCUT2D eigenvalue weighted by Gasteiger charge is 2.01. The molecular formula is C15H19N2PS. The molecule has 1 atom stereocenters. The zero-order valence-electron chi connectivity index (χ0n) is 11.1. The Hall–Kier alpha value is -1.18. The van der Waals surface area contributed by atoms with Crippen molar-refractivity contribution in [3.05, 3.63) is 53.2 Å². The van der Waals surface area contributed by atoms with Crippen LogP contribution in [0, 0.1) is 6.92 Å². The largest absolute Gasteiger partial charge is 0.336 e. The lowest BCUT2D eigenvalue weighted by atomic mass is 10.1. The maximum Gasteiger partial charge on any atom is 0.187 e. The lowest BCUT2D eigenvalue weighted by Gasteiger charge is -2.06. The number of rotatable bonds is 6. The van der Waals surface area contributed by atoms with E-state index >= 15 is 0 Å². The summed E-state index contributed by atoms with van der Waals surface area (Å²) in [7, 11) is 2.71. The third-order valence-corrected chi connectivity index (χ3v) is 4.04. The number of allylic oxidation sites excluding steroid dienone is 1. The fourth-order valence-corrected chi connectivity index (χ4v) is 2.72. The molecule has 0 radical (unpaired) electrons. The second-order valence-corrected chi connectivity index (χ2v) is 6.50. The van der Waals surface area contributed by atoms with Crippen LogP contribution in [-0.2, 0) is 6.42 Å². The van der Waals surface area contributed by atoms with Crippen molar-refractivity contribution < 1.29 is 0 Å². The van der Waals surface area contributed by atoms with E-state index in [9.17, 15) is 0 Å². The molecule has 100 valence electrons. The zero-order valence-corrected chi connectivity index (χ0v) is 13.1. The van der Waals surface area contributed by atoms with Crippen molar-refractivity contribution in [1.82, 2.24) is 4.98 Å². The summed E-state index contributed by atoms with van der Waals surface area (Å²) in [4.78, 5) is 5.49. The van der Waals surface area contributed by atoms with Crippen molar-refractivity contribution in [2.45, 2.75) is 26.2 Å².